The van der Waals surface area contributed by atoms with Crippen molar-refractivity contribution in [3.8, 4) is 0 Å². The van der Waals surface area contributed by atoms with Gasteiger partial charge in [0, 0.05) is 6.42 Å². The van der Waals surface area contributed by atoms with Crippen LogP contribution in [-0.2, 0) is 25.2 Å². The Kier molecular flexibility index (Phi) is 7.13. The molecule has 0 radical (unpaired) electrons. The van der Waals surface area contributed by atoms with E-state index in [0.29, 0.717) is 0 Å². The van der Waals surface area contributed by atoms with E-state index >= 15 is 0 Å². The van der Waals surface area contributed by atoms with Crippen LogP contribution in [0, 0.1) is 13.0 Å². The maximum Gasteiger partial charge on any atom is 0.519 e. The molecule has 2 N–H and O–H groups in total. The number of fused-ring (bicyclic) bond motifs is 1. The van der Waals surface area contributed by atoms with E-state index < -0.39 is 44.3 Å². The standard InChI is InChI=1S/C23H32FN5O8Si/c1-12-13(35-21(31)34-12)9-32-20(30)36-14-8-15(29-11-26-16-17(25)27-19(24)28-18(16)29)37-23(14,5)10-33-38(6,7)22(2,3)4/h11,14-15H,8-10H2,1-7H3,(H2,25,27,28)/t14-,15+,23+/m0/s1. The van der Waals surface area contributed by atoms with E-state index in [1.54, 1.807) is 6.92 Å². The van der Waals surface area contributed by atoms with Gasteiger partial charge in [-0.25, -0.2) is 14.6 Å². The molecule has 13 nitrogen and oxygen atoms in total. The molecule has 3 aromatic heterocycles. The molecule has 1 saturated heterocycles. The number of carbonyl (C=O) groups excluding carboxylic acids is 1. The smallest absolute Gasteiger partial charge is 0.428 e. The minimum atomic E-state index is -2.21. The second-order valence-corrected chi connectivity index (χ2v) is 15.8. The van der Waals surface area contributed by atoms with Crippen molar-refractivity contribution >= 4 is 31.5 Å². The van der Waals surface area contributed by atoms with E-state index in [4.69, 9.17) is 33.2 Å². The number of imidazole rings is 1. The summed E-state index contributed by atoms with van der Waals surface area (Å²) in [7, 11) is -2.21. The number of hydrogen-bond donors (Lipinski definition) is 1. The minimum Gasteiger partial charge on any atom is -0.428 e. The van der Waals surface area contributed by atoms with Gasteiger partial charge in [-0.2, -0.15) is 14.4 Å². The van der Waals surface area contributed by atoms with Gasteiger partial charge in [0.05, 0.1) is 12.9 Å². The molecule has 3 aromatic rings. The van der Waals surface area contributed by atoms with Gasteiger partial charge >= 0.3 is 18.1 Å². The average Bonchev–Trinajstić information content (AvgIpc) is 3.45. The number of halogens is 1. The van der Waals surface area contributed by atoms with Crippen molar-refractivity contribution in [2.24, 2.45) is 0 Å². The fraction of sp³-hybridized carbons (Fsp3) is 0.609. The van der Waals surface area contributed by atoms with Crippen LogP contribution in [0.3, 0.4) is 0 Å². The molecule has 15 heteroatoms. The fourth-order valence-corrected chi connectivity index (χ4v) is 4.86. The molecule has 4 heterocycles. The van der Waals surface area contributed by atoms with Gasteiger partial charge in [0.2, 0.25) is 0 Å². The quantitative estimate of drug-likeness (QED) is 0.255. The summed E-state index contributed by atoms with van der Waals surface area (Å²) in [5, 5.41) is -0.0739. The number of carbonyl (C=O) groups is 1. The van der Waals surface area contributed by atoms with Gasteiger partial charge < -0.3 is 33.2 Å². The third-order valence-electron chi connectivity index (χ3n) is 7.15. The Morgan fingerprint density at radius 3 is 2.66 bits per heavy atom. The predicted molar refractivity (Wildman–Crippen MR) is 133 cm³/mol. The lowest BCUT2D eigenvalue weighted by atomic mass is 10.0. The highest BCUT2D eigenvalue weighted by Crippen LogP contribution is 2.43. The Balaban J connectivity index is 1.57. The summed E-state index contributed by atoms with van der Waals surface area (Å²) in [5.74, 6) is -0.739. The Morgan fingerprint density at radius 2 is 2.03 bits per heavy atom. The lowest BCUT2D eigenvalue weighted by molar-refractivity contribution is -0.119. The van der Waals surface area contributed by atoms with Crippen LogP contribution < -0.4 is 11.6 Å². The van der Waals surface area contributed by atoms with Gasteiger partial charge in [0.15, 0.2) is 43.4 Å². The molecule has 1 aliphatic heterocycles. The van der Waals surface area contributed by atoms with Crippen molar-refractivity contribution in [1.82, 2.24) is 19.5 Å². The number of nitrogen functional groups attached to an aromatic ring is 1. The second-order valence-electron chi connectivity index (χ2n) is 11.0. The van der Waals surface area contributed by atoms with Crippen molar-refractivity contribution in [3.63, 3.8) is 0 Å². The molecular formula is C23H32FN5O8Si. The average molecular weight is 554 g/mol. The number of aromatic nitrogens is 4. The first-order valence-corrected chi connectivity index (χ1v) is 14.9. The topological polar surface area (TPSA) is 167 Å². The van der Waals surface area contributed by atoms with Crippen molar-refractivity contribution in [3.05, 3.63) is 34.5 Å². The fourth-order valence-electron chi connectivity index (χ4n) is 3.78. The summed E-state index contributed by atoms with van der Waals surface area (Å²) >= 11 is 0. The first-order chi connectivity index (χ1) is 17.6. The summed E-state index contributed by atoms with van der Waals surface area (Å²) in [6, 6.07) is 0. The number of anilines is 1. The van der Waals surface area contributed by atoms with Crippen LogP contribution in [0.1, 0.15) is 51.9 Å². The predicted octanol–water partition coefficient (Wildman–Crippen LogP) is 3.82. The van der Waals surface area contributed by atoms with Gasteiger partial charge in [-0.15, -0.1) is 0 Å². The lowest BCUT2D eigenvalue weighted by Crippen LogP contribution is -2.49. The third-order valence-corrected chi connectivity index (χ3v) is 11.6. The summed E-state index contributed by atoms with van der Waals surface area (Å²) in [4.78, 5) is 35.4. The normalized spacial score (nSPS) is 22.2. The zero-order valence-electron chi connectivity index (χ0n) is 22.4. The summed E-state index contributed by atoms with van der Waals surface area (Å²) in [5.41, 5.74) is 5.05. The second kappa shape index (κ2) is 9.78. The van der Waals surface area contributed by atoms with Gasteiger partial charge in [-0.1, -0.05) is 20.8 Å². The molecule has 0 spiro atoms. The van der Waals surface area contributed by atoms with E-state index in [9.17, 15) is 14.0 Å². The van der Waals surface area contributed by atoms with Crippen LogP contribution in [0.15, 0.2) is 20.0 Å². The van der Waals surface area contributed by atoms with E-state index in [0.717, 1.165) is 0 Å². The Bertz CT molecular complexity index is 1400. The van der Waals surface area contributed by atoms with Crippen LogP contribution in [0.4, 0.5) is 15.0 Å². The van der Waals surface area contributed by atoms with Gasteiger partial charge in [0.25, 0.3) is 0 Å². The maximum absolute atomic E-state index is 13.9. The van der Waals surface area contributed by atoms with E-state index in [1.165, 1.54) is 17.8 Å². The van der Waals surface area contributed by atoms with Crippen molar-refractivity contribution < 1.29 is 36.7 Å². The van der Waals surface area contributed by atoms with E-state index in [-0.39, 0.29) is 53.2 Å². The highest BCUT2D eigenvalue weighted by Gasteiger charge is 2.51. The Morgan fingerprint density at radius 1 is 1.32 bits per heavy atom. The van der Waals surface area contributed by atoms with Crippen LogP contribution in [0.5, 0.6) is 0 Å². The molecule has 0 bridgehead atoms. The Labute approximate surface area is 218 Å². The molecule has 0 aromatic carbocycles. The first-order valence-electron chi connectivity index (χ1n) is 12.0. The van der Waals surface area contributed by atoms with Gasteiger partial charge in [-0.3, -0.25) is 4.57 Å². The highest BCUT2D eigenvalue weighted by atomic mass is 28.4. The van der Waals surface area contributed by atoms with Crippen molar-refractivity contribution in [1.29, 1.82) is 0 Å². The lowest BCUT2D eigenvalue weighted by Gasteiger charge is -2.39. The largest absolute Gasteiger partial charge is 0.519 e. The molecule has 0 amide bonds. The minimum absolute atomic E-state index is 0.0701. The molecule has 4 rings (SSSR count). The summed E-state index contributed by atoms with van der Waals surface area (Å²) in [6.07, 6.45) is -2.01. The van der Waals surface area contributed by atoms with E-state index in [2.05, 4.69) is 48.8 Å². The molecule has 0 aliphatic carbocycles. The molecule has 1 aliphatic rings. The molecule has 208 valence electrons. The third kappa shape index (κ3) is 5.44. The first kappa shape index (κ1) is 27.7. The van der Waals surface area contributed by atoms with Gasteiger partial charge in [-0.05, 0) is 32.0 Å². The van der Waals surface area contributed by atoms with Crippen LogP contribution >= 0.6 is 0 Å². The van der Waals surface area contributed by atoms with Crippen LogP contribution in [0.25, 0.3) is 11.2 Å². The molecule has 38 heavy (non-hydrogen) atoms. The summed E-state index contributed by atoms with van der Waals surface area (Å²) < 4.78 is 48.7. The van der Waals surface area contributed by atoms with Crippen LogP contribution in [-0.4, -0.2) is 52.3 Å². The highest BCUT2D eigenvalue weighted by molar-refractivity contribution is 6.74. The number of ether oxygens (including phenoxy) is 3. The number of aryl methyl sites for hydroxylation is 1. The van der Waals surface area contributed by atoms with Crippen molar-refractivity contribution in [2.45, 2.75) is 83.7 Å². The number of rotatable bonds is 7. The molecule has 0 saturated carbocycles. The number of hydrogen-bond acceptors (Lipinski definition) is 12. The number of nitrogens with two attached hydrogens (primary N) is 1. The molecule has 3 atom stereocenters. The monoisotopic (exact) mass is 553 g/mol. The maximum atomic E-state index is 13.9. The SMILES string of the molecule is Cc1oc(=O)oc1COC(=O)O[C@H]1C[C@H](n2cnc3c(N)nc(F)nc32)O[C@]1(C)CO[Si](C)(C)C(C)(C)C. The molecule has 0 unspecified atom stereocenters. The Hall–Kier alpha value is -3.30. The summed E-state index contributed by atoms with van der Waals surface area (Å²) in [6.45, 7) is 13.6. The van der Waals surface area contributed by atoms with Gasteiger partial charge in [0.1, 0.15) is 17.9 Å². The molecule has 1 fully saturated rings. The van der Waals surface area contributed by atoms with Crippen LogP contribution in [0.2, 0.25) is 18.1 Å². The van der Waals surface area contributed by atoms with Crippen molar-refractivity contribution in [2.75, 3.05) is 12.3 Å². The van der Waals surface area contributed by atoms with E-state index in [1.807, 2.05) is 0 Å². The zero-order chi connectivity index (χ0) is 28.0. The molecular weight excluding hydrogens is 521 g/mol. The zero-order valence-corrected chi connectivity index (χ0v) is 23.4. The number of nitrogens with zero attached hydrogens (tertiary/aromatic N) is 4.